The van der Waals surface area contributed by atoms with Gasteiger partial charge in [-0.05, 0) is 18.1 Å². The molecule has 6 heteroatoms. The number of rotatable bonds is 4. The van der Waals surface area contributed by atoms with Gasteiger partial charge in [-0.25, -0.2) is 8.78 Å². The van der Waals surface area contributed by atoms with Crippen LogP contribution in [0.2, 0.25) is 0 Å². The Morgan fingerprint density at radius 2 is 2.00 bits per heavy atom. The van der Waals surface area contributed by atoms with Crippen LogP contribution >= 0.6 is 12.4 Å². The Labute approximate surface area is 111 Å². The first kappa shape index (κ1) is 16.8. The zero-order valence-electron chi connectivity index (χ0n) is 10.2. The molecule has 0 bridgehead atoms. The van der Waals surface area contributed by atoms with Crippen LogP contribution in [0.5, 0.6) is 0 Å². The Balaban J connectivity index is 0.00000289. The number of benzene rings is 1. The van der Waals surface area contributed by atoms with Gasteiger partial charge in [0.2, 0.25) is 5.91 Å². The average molecular weight is 279 g/mol. The van der Waals surface area contributed by atoms with Crippen molar-refractivity contribution >= 4 is 24.0 Å². The third-order valence-electron chi connectivity index (χ3n) is 2.75. The van der Waals surface area contributed by atoms with Crippen molar-refractivity contribution in [1.82, 2.24) is 0 Å². The molecule has 0 saturated carbocycles. The summed E-state index contributed by atoms with van der Waals surface area (Å²) in [7, 11) is 0. The topological polar surface area (TPSA) is 55.1 Å². The fourth-order valence-corrected chi connectivity index (χ4v) is 1.31. The summed E-state index contributed by atoms with van der Waals surface area (Å²) in [5.74, 6) is -2.32. The number of hydrogen-bond acceptors (Lipinski definition) is 2. The summed E-state index contributed by atoms with van der Waals surface area (Å²) in [6, 6.07) is 2.52. The molecule has 1 aromatic carbocycles. The van der Waals surface area contributed by atoms with E-state index in [-0.39, 0.29) is 24.0 Å². The van der Waals surface area contributed by atoms with Crippen LogP contribution in [0.15, 0.2) is 18.2 Å². The summed E-state index contributed by atoms with van der Waals surface area (Å²) in [5, 5.41) is 2.45. The van der Waals surface area contributed by atoms with Crippen molar-refractivity contribution in [3.05, 3.63) is 29.8 Å². The summed E-state index contributed by atoms with van der Waals surface area (Å²) < 4.78 is 25.6. The van der Waals surface area contributed by atoms with E-state index in [0.29, 0.717) is 0 Å². The first-order valence-electron chi connectivity index (χ1n) is 5.47. The van der Waals surface area contributed by atoms with E-state index in [9.17, 15) is 13.6 Å². The van der Waals surface area contributed by atoms with E-state index < -0.39 is 23.6 Å². The molecular formula is C12H17ClF2N2O. The van der Waals surface area contributed by atoms with Gasteiger partial charge < -0.3 is 11.1 Å². The SMILES string of the molecule is CCC(C)C(N)C(=O)Nc1ccc(F)c(F)c1.Cl. The van der Waals surface area contributed by atoms with Crippen LogP contribution in [0.3, 0.4) is 0 Å². The fourth-order valence-electron chi connectivity index (χ4n) is 1.31. The van der Waals surface area contributed by atoms with Gasteiger partial charge in [-0.2, -0.15) is 0 Å². The number of halogens is 3. The smallest absolute Gasteiger partial charge is 0.241 e. The molecule has 0 heterocycles. The molecule has 0 aromatic heterocycles. The number of nitrogens with two attached hydrogens (primary N) is 1. The van der Waals surface area contributed by atoms with Crippen LogP contribution in [0.1, 0.15) is 20.3 Å². The van der Waals surface area contributed by atoms with Gasteiger partial charge in [0, 0.05) is 11.8 Å². The number of hydrogen-bond donors (Lipinski definition) is 2. The molecule has 0 fully saturated rings. The van der Waals surface area contributed by atoms with Crippen molar-refractivity contribution < 1.29 is 13.6 Å². The van der Waals surface area contributed by atoms with Crippen molar-refractivity contribution in [1.29, 1.82) is 0 Å². The molecule has 1 rings (SSSR count). The number of carbonyl (C=O) groups excluding carboxylic acids is 1. The maximum atomic E-state index is 12.9. The zero-order chi connectivity index (χ0) is 13.0. The van der Waals surface area contributed by atoms with Gasteiger partial charge in [-0.1, -0.05) is 20.3 Å². The molecule has 18 heavy (non-hydrogen) atoms. The second-order valence-electron chi connectivity index (χ2n) is 4.03. The van der Waals surface area contributed by atoms with Crippen LogP contribution in [-0.2, 0) is 4.79 Å². The third-order valence-corrected chi connectivity index (χ3v) is 2.75. The second kappa shape index (κ2) is 7.28. The van der Waals surface area contributed by atoms with E-state index in [4.69, 9.17) is 5.73 Å². The van der Waals surface area contributed by atoms with Gasteiger partial charge in [0.15, 0.2) is 11.6 Å². The molecule has 0 aliphatic rings. The van der Waals surface area contributed by atoms with Crippen LogP contribution in [0.25, 0.3) is 0 Å². The Morgan fingerprint density at radius 1 is 1.39 bits per heavy atom. The highest BCUT2D eigenvalue weighted by atomic mass is 35.5. The van der Waals surface area contributed by atoms with Crippen LogP contribution < -0.4 is 11.1 Å². The summed E-state index contributed by atoms with van der Waals surface area (Å²) in [6.07, 6.45) is 0.770. The fraction of sp³-hybridized carbons (Fsp3) is 0.417. The number of anilines is 1. The summed E-state index contributed by atoms with van der Waals surface area (Å²) >= 11 is 0. The Bertz CT molecular complexity index is 415. The first-order chi connectivity index (χ1) is 7.95. The summed E-state index contributed by atoms with van der Waals surface area (Å²) in [6.45, 7) is 3.78. The highest BCUT2D eigenvalue weighted by Crippen LogP contribution is 2.14. The Hall–Kier alpha value is -1.20. The Kier molecular flexibility index (Phi) is 6.80. The highest BCUT2D eigenvalue weighted by molar-refractivity contribution is 5.94. The minimum atomic E-state index is -1.00. The van der Waals surface area contributed by atoms with Crippen LogP contribution in [0.4, 0.5) is 14.5 Å². The van der Waals surface area contributed by atoms with Crippen molar-refractivity contribution in [3.8, 4) is 0 Å². The third kappa shape index (κ3) is 4.23. The van der Waals surface area contributed by atoms with E-state index >= 15 is 0 Å². The van der Waals surface area contributed by atoms with E-state index in [2.05, 4.69) is 5.32 Å². The standard InChI is InChI=1S/C12H16F2N2O.ClH/c1-3-7(2)11(15)12(17)16-8-4-5-9(13)10(14)6-8;/h4-7,11H,3,15H2,1-2H3,(H,16,17);1H. The maximum Gasteiger partial charge on any atom is 0.241 e. The number of nitrogens with one attached hydrogen (secondary N) is 1. The molecule has 2 unspecified atom stereocenters. The lowest BCUT2D eigenvalue weighted by molar-refractivity contribution is -0.118. The molecule has 3 nitrogen and oxygen atoms in total. The lowest BCUT2D eigenvalue weighted by Gasteiger charge is -2.17. The second-order valence-corrected chi connectivity index (χ2v) is 4.03. The molecule has 102 valence electrons. The molecule has 0 radical (unpaired) electrons. The molecular weight excluding hydrogens is 262 g/mol. The highest BCUT2D eigenvalue weighted by Gasteiger charge is 2.19. The first-order valence-corrected chi connectivity index (χ1v) is 5.47. The van der Waals surface area contributed by atoms with Gasteiger partial charge in [0.1, 0.15) is 0 Å². The zero-order valence-corrected chi connectivity index (χ0v) is 11.1. The van der Waals surface area contributed by atoms with E-state index in [1.54, 1.807) is 0 Å². The van der Waals surface area contributed by atoms with Gasteiger partial charge in [-0.15, -0.1) is 12.4 Å². The van der Waals surface area contributed by atoms with Gasteiger partial charge in [-0.3, -0.25) is 4.79 Å². The van der Waals surface area contributed by atoms with Crippen LogP contribution in [0, 0.1) is 17.6 Å². The van der Waals surface area contributed by atoms with E-state index in [0.717, 1.165) is 18.6 Å². The molecule has 3 N–H and O–H groups in total. The summed E-state index contributed by atoms with van der Waals surface area (Å²) in [4.78, 5) is 11.7. The Morgan fingerprint density at radius 3 is 2.50 bits per heavy atom. The molecule has 0 aliphatic heterocycles. The minimum Gasteiger partial charge on any atom is -0.325 e. The molecule has 2 atom stereocenters. The normalized spacial score (nSPS) is 13.4. The molecule has 0 saturated heterocycles. The lowest BCUT2D eigenvalue weighted by atomic mass is 9.99. The number of carbonyl (C=O) groups is 1. The molecule has 1 aromatic rings. The van der Waals surface area contributed by atoms with Gasteiger partial charge >= 0.3 is 0 Å². The predicted molar refractivity (Wildman–Crippen MR) is 69.7 cm³/mol. The summed E-state index contributed by atoms with van der Waals surface area (Å²) in [5.41, 5.74) is 5.91. The van der Waals surface area contributed by atoms with Gasteiger partial charge in [0.05, 0.1) is 6.04 Å². The molecule has 0 spiro atoms. The average Bonchev–Trinajstić information content (AvgIpc) is 2.31. The van der Waals surface area contributed by atoms with Crippen LogP contribution in [-0.4, -0.2) is 11.9 Å². The number of amides is 1. The predicted octanol–water partition coefficient (Wildman–Crippen LogP) is 2.70. The molecule has 1 amide bonds. The van der Waals surface area contributed by atoms with Crippen molar-refractivity contribution in [2.45, 2.75) is 26.3 Å². The maximum absolute atomic E-state index is 12.9. The van der Waals surface area contributed by atoms with E-state index in [1.165, 1.54) is 6.07 Å². The molecule has 0 aliphatic carbocycles. The van der Waals surface area contributed by atoms with E-state index in [1.807, 2.05) is 13.8 Å². The monoisotopic (exact) mass is 278 g/mol. The lowest BCUT2D eigenvalue weighted by Crippen LogP contribution is -2.40. The quantitative estimate of drug-likeness (QED) is 0.890. The van der Waals surface area contributed by atoms with Crippen molar-refractivity contribution in [2.24, 2.45) is 11.7 Å². The van der Waals surface area contributed by atoms with Crippen molar-refractivity contribution in [2.75, 3.05) is 5.32 Å². The van der Waals surface area contributed by atoms with Crippen molar-refractivity contribution in [3.63, 3.8) is 0 Å². The van der Waals surface area contributed by atoms with Gasteiger partial charge in [0.25, 0.3) is 0 Å². The largest absolute Gasteiger partial charge is 0.325 e. The minimum absolute atomic E-state index is 0.